The third-order valence-corrected chi connectivity index (χ3v) is 5.32. The van der Waals surface area contributed by atoms with Gasteiger partial charge in [0.2, 0.25) is 5.91 Å². The van der Waals surface area contributed by atoms with E-state index in [2.05, 4.69) is 10.4 Å². The lowest BCUT2D eigenvalue weighted by Crippen LogP contribution is -2.34. The average Bonchev–Trinajstić information content (AvgIpc) is 3.44. The molecule has 1 amide bonds. The van der Waals surface area contributed by atoms with Gasteiger partial charge in [-0.2, -0.15) is 5.10 Å². The van der Waals surface area contributed by atoms with Crippen LogP contribution in [0.15, 0.2) is 29.4 Å². The second-order valence-corrected chi connectivity index (χ2v) is 7.14. The average molecular weight is 333 g/mol. The van der Waals surface area contributed by atoms with Gasteiger partial charge in [-0.3, -0.25) is 9.80 Å². The minimum atomic E-state index is -2.70. The van der Waals surface area contributed by atoms with Crippen LogP contribution < -0.4 is 5.32 Å². The lowest BCUT2D eigenvalue weighted by atomic mass is 10.0. The van der Waals surface area contributed by atoms with Crippen molar-refractivity contribution >= 4 is 17.3 Å². The maximum Gasteiger partial charge on any atom is 0.279 e. The standard InChI is InChI=1S/C18H21F2N3O/c1-23-9-14(16(22-23)17(19)20)18(24)21-15-5-3-2-4-11(15)13-8-12(13)10-6-7-10/h2-5,10,12-14,17H,6-9H2,1H3,(H,21,24)/t12-,13-,14?/m1/s1. The molecule has 3 atom stereocenters. The monoisotopic (exact) mass is 333 g/mol. The Morgan fingerprint density at radius 2 is 2.08 bits per heavy atom. The Hall–Kier alpha value is -1.98. The van der Waals surface area contributed by atoms with Gasteiger partial charge in [0.05, 0.1) is 6.54 Å². The fourth-order valence-corrected chi connectivity index (χ4v) is 3.85. The maximum atomic E-state index is 13.1. The first kappa shape index (κ1) is 15.5. The predicted octanol–water partition coefficient (Wildman–Crippen LogP) is 3.32. The Bertz CT molecular complexity index is 687. The molecular formula is C18H21F2N3O. The molecule has 4 nitrogen and oxygen atoms in total. The Labute approximate surface area is 139 Å². The second kappa shape index (κ2) is 5.83. The number of hydrazone groups is 1. The van der Waals surface area contributed by atoms with Crippen LogP contribution in [0, 0.1) is 17.8 Å². The summed E-state index contributed by atoms with van der Waals surface area (Å²) in [5, 5.41) is 8.07. The van der Waals surface area contributed by atoms with Crippen molar-refractivity contribution in [2.45, 2.75) is 31.6 Å². The molecule has 24 heavy (non-hydrogen) atoms. The molecule has 0 aromatic heterocycles. The van der Waals surface area contributed by atoms with E-state index in [0.717, 1.165) is 23.1 Å². The van der Waals surface area contributed by atoms with E-state index in [1.807, 2.05) is 24.3 Å². The molecule has 1 N–H and O–H groups in total. The van der Waals surface area contributed by atoms with Gasteiger partial charge in [0.15, 0.2) is 0 Å². The van der Waals surface area contributed by atoms with Crippen LogP contribution in [0.3, 0.4) is 0 Å². The van der Waals surface area contributed by atoms with Gasteiger partial charge in [-0.1, -0.05) is 18.2 Å². The van der Waals surface area contributed by atoms with Crippen LogP contribution in [0.5, 0.6) is 0 Å². The molecule has 128 valence electrons. The van der Waals surface area contributed by atoms with Crippen molar-refractivity contribution in [3.8, 4) is 0 Å². The molecule has 3 aliphatic rings. The Kier molecular flexibility index (Phi) is 3.77. The fraction of sp³-hybridized carbons (Fsp3) is 0.556. The van der Waals surface area contributed by atoms with Crippen LogP contribution in [0.2, 0.25) is 0 Å². The topological polar surface area (TPSA) is 44.7 Å². The van der Waals surface area contributed by atoms with Crippen molar-refractivity contribution < 1.29 is 13.6 Å². The molecule has 1 aromatic carbocycles. The summed E-state index contributed by atoms with van der Waals surface area (Å²) in [4.78, 5) is 12.5. The smallest absolute Gasteiger partial charge is 0.279 e. The van der Waals surface area contributed by atoms with Crippen molar-refractivity contribution in [3.05, 3.63) is 29.8 Å². The molecule has 2 saturated carbocycles. The highest BCUT2D eigenvalue weighted by Gasteiger charge is 2.48. The van der Waals surface area contributed by atoms with Crippen molar-refractivity contribution in [1.82, 2.24) is 5.01 Å². The zero-order valence-electron chi connectivity index (χ0n) is 13.6. The molecule has 1 aliphatic heterocycles. The van der Waals surface area contributed by atoms with Gasteiger partial charge in [-0.15, -0.1) is 0 Å². The summed E-state index contributed by atoms with van der Waals surface area (Å²) >= 11 is 0. The van der Waals surface area contributed by atoms with Crippen molar-refractivity contribution in [1.29, 1.82) is 0 Å². The van der Waals surface area contributed by atoms with Gasteiger partial charge in [-0.25, -0.2) is 8.78 Å². The normalized spacial score (nSPS) is 28.9. The van der Waals surface area contributed by atoms with Gasteiger partial charge in [0.25, 0.3) is 6.43 Å². The van der Waals surface area contributed by atoms with Crippen LogP contribution in [0.1, 0.15) is 30.7 Å². The number of rotatable bonds is 5. The summed E-state index contributed by atoms with van der Waals surface area (Å²) < 4.78 is 26.2. The van der Waals surface area contributed by atoms with E-state index in [-0.39, 0.29) is 12.3 Å². The van der Waals surface area contributed by atoms with Crippen molar-refractivity contribution in [2.75, 3.05) is 18.9 Å². The second-order valence-electron chi connectivity index (χ2n) is 7.14. The van der Waals surface area contributed by atoms with E-state index in [1.54, 1.807) is 7.05 Å². The van der Waals surface area contributed by atoms with Crippen LogP contribution in [-0.4, -0.2) is 36.6 Å². The Morgan fingerprint density at radius 1 is 1.33 bits per heavy atom. The number of alkyl halides is 2. The predicted molar refractivity (Wildman–Crippen MR) is 88.2 cm³/mol. The van der Waals surface area contributed by atoms with E-state index in [9.17, 15) is 13.6 Å². The van der Waals surface area contributed by atoms with Gasteiger partial charge >= 0.3 is 0 Å². The maximum absolute atomic E-state index is 13.1. The lowest BCUT2D eigenvalue weighted by molar-refractivity contribution is -0.118. The molecular weight excluding hydrogens is 312 g/mol. The third kappa shape index (κ3) is 2.89. The Morgan fingerprint density at radius 3 is 2.79 bits per heavy atom. The number of carbonyl (C=O) groups excluding carboxylic acids is 1. The first-order valence-electron chi connectivity index (χ1n) is 8.52. The highest BCUT2D eigenvalue weighted by molar-refractivity contribution is 6.11. The minimum absolute atomic E-state index is 0.196. The SMILES string of the molecule is CN1CC(C(=O)Nc2ccccc2[C@H]2C[C@@H]2C2CC2)C(C(F)F)=N1. The molecule has 0 saturated heterocycles. The summed E-state index contributed by atoms with van der Waals surface area (Å²) in [5.41, 5.74) is 1.57. The number of nitrogens with one attached hydrogen (secondary N) is 1. The van der Waals surface area contributed by atoms with E-state index < -0.39 is 18.3 Å². The number of nitrogens with zero attached hydrogens (tertiary/aromatic N) is 2. The Balaban J connectivity index is 1.49. The van der Waals surface area contributed by atoms with E-state index >= 15 is 0 Å². The molecule has 0 bridgehead atoms. The van der Waals surface area contributed by atoms with Crippen LogP contribution in [-0.2, 0) is 4.79 Å². The first-order valence-corrected chi connectivity index (χ1v) is 8.52. The molecule has 4 rings (SSSR count). The molecule has 2 aliphatic carbocycles. The summed E-state index contributed by atoms with van der Waals surface area (Å²) in [5.74, 6) is 0.804. The number of hydrogen-bond donors (Lipinski definition) is 1. The molecule has 0 radical (unpaired) electrons. The molecule has 2 fully saturated rings. The van der Waals surface area contributed by atoms with Gasteiger partial charge in [0.1, 0.15) is 11.6 Å². The number of anilines is 1. The number of benzene rings is 1. The third-order valence-electron chi connectivity index (χ3n) is 5.32. The van der Waals surface area contributed by atoms with Gasteiger partial charge in [-0.05, 0) is 48.6 Å². The summed E-state index contributed by atoms with van der Waals surface area (Å²) in [6.07, 6.45) is 1.10. The summed E-state index contributed by atoms with van der Waals surface area (Å²) in [7, 11) is 1.61. The van der Waals surface area contributed by atoms with Gasteiger partial charge < -0.3 is 5.32 Å². The van der Waals surface area contributed by atoms with Crippen LogP contribution >= 0.6 is 0 Å². The van der Waals surface area contributed by atoms with E-state index in [1.165, 1.54) is 24.3 Å². The number of para-hydroxylation sites is 1. The number of halogens is 2. The zero-order chi connectivity index (χ0) is 16.8. The molecule has 0 spiro atoms. The summed E-state index contributed by atoms with van der Waals surface area (Å²) in [6.45, 7) is 0.196. The van der Waals surface area contributed by atoms with Crippen molar-refractivity contribution in [3.63, 3.8) is 0 Å². The number of carbonyl (C=O) groups is 1. The van der Waals surface area contributed by atoms with Gasteiger partial charge in [0, 0.05) is 12.7 Å². The van der Waals surface area contributed by atoms with E-state index in [4.69, 9.17) is 0 Å². The zero-order valence-corrected chi connectivity index (χ0v) is 13.6. The molecule has 1 heterocycles. The fourth-order valence-electron chi connectivity index (χ4n) is 3.85. The minimum Gasteiger partial charge on any atom is -0.325 e. The van der Waals surface area contributed by atoms with Crippen LogP contribution in [0.4, 0.5) is 14.5 Å². The van der Waals surface area contributed by atoms with Crippen LogP contribution in [0.25, 0.3) is 0 Å². The number of hydrogen-bond acceptors (Lipinski definition) is 3. The van der Waals surface area contributed by atoms with Crippen molar-refractivity contribution in [2.24, 2.45) is 22.9 Å². The highest BCUT2D eigenvalue weighted by Crippen LogP contribution is 2.60. The quantitative estimate of drug-likeness (QED) is 0.898. The lowest BCUT2D eigenvalue weighted by Gasteiger charge is -2.16. The highest BCUT2D eigenvalue weighted by atomic mass is 19.3. The largest absolute Gasteiger partial charge is 0.325 e. The molecule has 1 unspecified atom stereocenters. The number of amides is 1. The summed E-state index contributed by atoms with van der Waals surface area (Å²) in [6, 6.07) is 7.76. The molecule has 1 aromatic rings. The van der Waals surface area contributed by atoms with E-state index in [0.29, 0.717) is 5.92 Å². The molecule has 6 heteroatoms. The first-order chi connectivity index (χ1) is 11.5.